The maximum atomic E-state index is 12.7. The topological polar surface area (TPSA) is 81.4 Å². The third-order valence-electron chi connectivity index (χ3n) is 4.04. The first kappa shape index (κ1) is 19.7. The zero-order valence-corrected chi connectivity index (χ0v) is 15.9. The number of hydrogen-bond acceptors (Lipinski definition) is 4. The lowest BCUT2D eigenvalue weighted by Crippen LogP contribution is -2.51. The first-order chi connectivity index (χ1) is 9.83. The van der Waals surface area contributed by atoms with Gasteiger partial charge in [0.05, 0.1) is 7.11 Å². The molecule has 126 valence electrons. The summed E-state index contributed by atoms with van der Waals surface area (Å²) in [4.78, 5) is 0.141. The Hall–Kier alpha value is -0.340. The molecule has 1 aliphatic carbocycles. The van der Waals surface area contributed by atoms with Gasteiger partial charge in [0.25, 0.3) is 0 Å². The number of halogens is 2. The molecule has 3 N–H and O–H groups in total. The number of methoxy groups -OCH3 is 1. The summed E-state index contributed by atoms with van der Waals surface area (Å²) >= 11 is 3.37. The third kappa shape index (κ3) is 3.94. The van der Waals surface area contributed by atoms with E-state index in [4.69, 9.17) is 10.5 Å². The van der Waals surface area contributed by atoms with Crippen LogP contribution in [-0.4, -0.2) is 27.6 Å². The van der Waals surface area contributed by atoms with Crippen molar-refractivity contribution in [3.05, 3.63) is 22.2 Å². The van der Waals surface area contributed by atoms with Crippen LogP contribution in [0, 0.1) is 6.92 Å². The van der Waals surface area contributed by atoms with Crippen LogP contribution in [-0.2, 0) is 10.0 Å². The largest absolute Gasteiger partial charge is 0.495 e. The fraction of sp³-hybridized carbons (Fsp3) is 0.571. The minimum atomic E-state index is -3.68. The van der Waals surface area contributed by atoms with Crippen LogP contribution in [0.3, 0.4) is 0 Å². The maximum absolute atomic E-state index is 12.7. The first-order valence-electron chi connectivity index (χ1n) is 6.92. The zero-order valence-electron chi connectivity index (χ0n) is 12.7. The molecule has 0 spiro atoms. The van der Waals surface area contributed by atoms with Gasteiger partial charge in [-0.1, -0.05) is 28.8 Å². The molecule has 0 radical (unpaired) electrons. The molecular formula is C14H22BrClN2O3S. The highest BCUT2D eigenvalue weighted by Gasteiger charge is 2.37. The Morgan fingerprint density at radius 3 is 2.45 bits per heavy atom. The molecule has 2 rings (SSSR count). The lowest BCUT2D eigenvalue weighted by atomic mass is 10.0. The van der Waals surface area contributed by atoms with Gasteiger partial charge in [-0.05, 0) is 37.5 Å². The Labute approximate surface area is 146 Å². The molecule has 1 fully saturated rings. The standard InChI is InChI=1S/C14H21BrN2O3S.ClH/c1-10-7-12(20-2)13(8-11(10)15)21(18,19)17-14(9-16)5-3-4-6-14;/h7-8,17H,3-6,9,16H2,1-2H3;1H. The summed E-state index contributed by atoms with van der Waals surface area (Å²) < 4.78 is 34.2. The summed E-state index contributed by atoms with van der Waals surface area (Å²) in [6, 6.07) is 3.29. The van der Waals surface area contributed by atoms with E-state index in [1.807, 2.05) is 6.92 Å². The van der Waals surface area contributed by atoms with Crippen molar-refractivity contribution in [1.82, 2.24) is 4.72 Å². The molecule has 0 aromatic heterocycles. The van der Waals surface area contributed by atoms with Crippen molar-refractivity contribution in [3.63, 3.8) is 0 Å². The minimum absolute atomic E-state index is 0. The van der Waals surface area contributed by atoms with Crippen LogP contribution in [0.2, 0.25) is 0 Å². The number of ether oxygens (including phenoxy) is 1. The summed E-state index contributed by atoms with van der Waals surface area (Å²) in [7, 11) is -2.21. The number of hydrogen-bond donors (Lipinski definition) is 2. The van der Waals surface area contributed by atoms with E-state index in [9.17, 15) is 8.42 Å². The van der Waals surface area contributed by atoms with Crippen molar-refractivity contribution >= 4 is 38.4 Å². The van der Waals surface area contributed by atoms with E-state index >= 15 is 0 Å². The molecule has 1 aromatic carbocycles. The summed E-state index contributed by atoms with van der Waals surface area (Å²) in [5, 5.41) is 0. The van der Waals surface area contributed by atoms with E-state index in [1.165, 1.54) is 7.11 Å². The summed E-state index contributed by atoms with van der Waals surface area (Å²) in [5.41, 5.74) is 6.20. The van der Waals surface area contributed by atoms with Gasteiger partial charge in [-0.2, -0.15) is 0 Å². The molecular weight excluding hydrogens is 392 g/mol. The molecule has 1 aliphatic rings. The fourth-order valence-electron chi connectivity index (χ4n) is 2.75. The Morgan fingerprint density at radius 1 is 1.36 bits per heavy atom. The predicted molar refractivity (Wildman–Crippen MR) is 93.3 cm³/mol. The molecule has 22 heavy (non-hydrogen) atoms. The number of nitrogens with one attached hydrogen (secondary N) is 1. The van der Waals surface area contributed by atoms with Gasteiger partial charge >= 0.3 is 0 Å². The number of rotatable bonds is 5. The highest BCUT2D eigenvalue weighted by Crippen LogP contribution is 2.34. The van der Waals surface area contributed by atoms with Crippen LogP contribution in [0.5, 0.6) is 5.75 Å². The average molecular weight is 414 g/mol. The summed E-state index contributed by atoms with van der Waals surface area (Å²) in [6.45, 7) is 2.19. The molecule has 0 amide bonds. The van der Waals surface area contributed by atoms with Crippen molar-refractivity contribution < 1.29 is 13.2 Å². The molecule has 1 saturated carbocycles. The number of benzene rings is 1. The fourth-order valence-corrected chi connectivity index (χ4v) is 4.89. The van der Waals surface area contributed by atoms with Crippen molar-refractivity contribution in [3.8, 4) is 5.75 Å². The molecule has 0 saturated heterocycles. The first-order valence-corrected chi connectivity index (χ1v) is 9.19. The third-order valence-corrected chi connectivity index (χ3v) is 6.49. The molecule has 0 aliphatic heterocycles. The number of sulfonamides is 1. The van der Waals surface area contributed by atoms with Crippen LogP contribution in [0.1, 0.15) is 31.2 Å². The second kappa shape index (κ2) is 7.49. The van der Waals surface area contributed by atoms with E-state index in [0.717, 1.165) is 35.7 Å². The molecule has 0 heterocycles. The van der Waals surface area contributed by atoms with Crippen molar-refractivity contribution in [2.45, 2.75) is 43.0 Å². The summed E-state index contributed by atoms with van der Waals surface area (Å²) in [5.74, 6) is 0.341. The van der Waals surface area contributed by atoms with Crippen molar-refractivity contribution in [2.75, 3.05) is 13.7 Å². The van der Waals surface area contributed by atoms with Crippen LogP contribution in [0.25, 0.3) is 0 Å². The number of nitrogens with two attached hydrogens (primary N) is 1. The lowest BCUT2D eigenvalue weighted by molar-refractivity contribution is 0.389. The average Bonchev–Trinajstić information content (AvgIpc) is 2.89. The van der Waals surface area contributed by atoms with Gasteiger partial charge in [0.2, 0.25) is 10.0 Å². The van der Waals surface area contributed by atoms with Crippen LogP contribution >= 0.6 is 28.3 Å². The SMILES string of the molecule is COc1cc(C)c(Br)cc1S(=O)(=O)NC1(CN)CCCC1.Cl. The van der Waals surface area contributed by atoms with Crippen LogP contribution in [0.4, 0.5) is 0 Å². The monoisotopic (exact) mass is 412 g/mol. The lowest BCUT2D eigenvalue weighted by Gasteiger charge is -2.28. The zero-order chi connectivity index (χ0) is 15.7. The van der Waals surface area contributed by atoms with Gasteiger partial charge in [-0.25, -0.2) is 13.1 Å². The highest BCUT2D eigenvalue weighted by atomic mass is 79.9. The number of aryl methyl sites for hydroxylation is 1. The van der Waals surface area contributed by atoms with E-state index in [2.05, 4.69) is 20.7 Å². The summed E-state index contributed by atoms with van der Waals surface area (Å²) in [6.07, 6.45) is 3.54. The van der Waals surface area contributed by atoms with Gasteiger partial charge in [-0.15, -0.1) is 12.4 Å². The highest BCUT2D eigenvalue weighted by molar-refractivity contribution is 9.10. The van der Waals surface area contributed by atoms with E-state index < -0.39 is 15.6 Å². The molecule has 8 heteroatoms. The molecule has 5 nitrogen and oxygen atoms in total. The van der Waals surface area contributed by atoms with Crippen molar-refractivity contribution in [2.24, 2.45) is 5.73 Å². The maximum Gasteiger partial charge on any atom is 0.244 e. The van der Waals surface area contributed by atoms with Crippen LogP contribution < -0.4 is 15.2 Å². The molecule has 0 unspecified atom stereocenters. The molecule has 0 bridgehead atoms. The molecule has 1 aromatic rings. The van der Waals surface area contributed by atoms with Gasteiger partial charge in [0.1, 0.15) is 10.6 Å². The van der Waals surface area contributed by atoms with E-state index in [-0.39, 0.29) is 17.3 Å². The minimum Gasteiger partial charge on any atom is -0.495 e. The van der Waals surface area contributed by atoms with Crippen LogP contribution in [0.15, 0.2) is 21.5 Å². The van der Waals surface area contributed by atoms with Gasteiger partial charge < -0.3 is 10.5 Å². The normalized spacial score (nSPS) is 17.1. The second-order valence-electron chi connectivity index (χ2n) is 5.55. The Morgan fingerprint density at radius 2 is 1.95 bits per heavy atom. The van der Waals surface area contributed by atoms with Gasteiger partial charge in [0, 0.05) is 16.6 Å². The van der Waals surface area contributed by atoms with E-state index in [1.54, 1.807) is 12.1 Å². The van der Waals surface area contributed by atoms with Gasteiger partial charge in [0.15, 0.2) is 0 Å². The Bertz CT molecular complexity index is 631. The Kier molecular flexibility index (Phi) is 6.71. The quantitative estimate of drug-likeness (QED) is 0.777. The molecule has 0 atom stereocenters. The smallest absolute Gasteiger partial charge is 0.244 e. The predicted octanol–water partition coefficient (Wildman–Crippen LogP) is 2.74. The van der Waals surface area contributed by atoms with E-state index in [0.29, 0.717) is 12.3 Å². The van der Waals surface area contributed by atoms with Gasteiger partial charge in [-0.3, -0.25) is 0 Å². The Balaban J connectivity index is 0.00000242. The second-order valence-corrected chi connectivity index (χ2v) is 8.05. The van der Waals surface area contributed by atoms with Crippen molar-refractivity contribution in [1.29, 1.82) is 0 Å².